The fraction of sp³-hybridized carbons (Fsp3) is 0.400. The second kappa shape index (κ2) is 10.3. The Labute approximate surface area is 206 Å². The number of hydrogen-bond donors (Lipinski definition) is 1. The van der Waals surface area contributed by atoms with E-state index in [0.29, 0.717) is 30.8 Å². The maximum absolute atomic E-state index is 13.1. The summed E-state index contributed by atoms with van der Waals surface area (Å²) < 4.78 is 33.2. The zero-order chi connectivity index (χ0) is 25.2. The highest BCUT2D eigenvalue weighted by Crippen LogP contribution is 2.27. The Kier molecular flexibility index (Phi) is 7.34. The number of anilines is 1. The fourth-order valence-electron chi connectivity index (χ4n) is 4.41. The SMILES string of the molecule is C[C@@H]1C[C@H](C)CN(S(=O)(=O)c2ccc(C(=O)Nc3nnc(-c4ccc(CN(C)C)cc4)o3)cc2)C1. The average molecular weight is 498 g/mol. The predicted octanol–water partition coefficient (Wildman–Crippen LogP) is 3.72. The van der Waals surface area contributed by atoms with Crippen molar-refractivity contribution in [2.24, 2.45) is 11.8 Å². The van der Waals surface area contributed by atoms with E-state index in [9.17, 15) is 13.2 Å². The van der Waals surface area contributed by atoms with E-state index in [2.05, 4.69) is 34.3 Å². The molecule has 1 aliphatic heterocycles. The van der Waals surface area contributed by atoms with Gasteiger partial charge in [-0.3, -0.25) is 10.1 Å². The molecule has 0 spiro atoms. The Bertz CT molecular complexity index is 1260. The molecule has 0 saturated carbocycles. The molecule has 1 N–H and O–H groups in total. The summed E-state index contributed by atoms with van der Waals surface area (Å²) in [6, 6.07) is 13.6. The molecule has 2 atom stereocenters. The Hall–Kier alpha value is -3.08. The lowest BCUT2D eigenvalue weighted by atomic mass is 9.94. The first-order valence-electron chi connectivity index (χ1n) is 11.6. The number of sulfonamides is 1. The third-order valence-electron chi connectivity index (χ3n) is 5.93. The van der Waals surface area contributed by atoms with Crippen molar-refractivity contribution in [3.05, 3.63) is 59.7 Å². The standard InChI is InChI=1S/C25H31N5O4S/c1-17-13-18(2)15-30(14-17)35(32,33)22-11-9-20(10-12-22)23(31)26-25-28-27-24(34-25)21-7-5-19(6-8-21)16-29(3)4/h5-12,17-18H,13-16H2,1-4H3,(H,26,28,31)/t17-,18+. The topological polar surface area (TPSA) is 109 Å². The number of rotatable bonds is 7. The minimum Gasteiger partial charge on any atom is -0.403 e. The van der Waals surface area contributed by atoms with Gasteiger partial charge in [-0.2, -0.15) is 4.31 Å². The Morgan fingerprint density at radius 2 is 1.66 bits per heavy atom. The molecule has 0 bridgehead atoms. The van der Waals surface area contributed by atoms with Crippen LogP contribution in [-0.4, -0.2) is 60.9 Å². The van der Waals surface area contributed by atoms with Gasteiger partial charge >= 0.3 is 6.01 Å². The summed E-state index contributed by atoms with van der Waals surface area (Å²) in [5.74, 6) is 0.455. The Balaban J connectivity index is 1.41. The molecule has 0 aliphatic carbocycles. The van der Waals surface area contributed by atoms with Crippen LogP contribution >= 0.6 is 0 Å². The number of hydrogen-bond acceptors (Lipinski definition) is 7. The zero-order valence-corrected chi connectivity index (χ0v) is 21.2. The summed E-state index contributed by atoms with van der Waals surface area (Å²) in [7, 11) is 0.397. The quantitative estimate of drug-likeness (QED) is 0.530. The molecule has 2 aromatic carbocycles. The van der Waals surface area contributed by atoms with Crippen LogP contribution in [0.1, 0.15) is 36.2 Å². The molecule has 1 amide bonds. The molecule has 0 unspecified atom stereocenters. The van der Waals surface area contributed by atoms with Crippen molar-refractivity contribution < 1.29 is 17.6 Å². The van der Waals surface area contributed by atoms with Gasteiger partial charge in [-0.15, -0.1) is 5.10 Å². The minimum absolute atomic E-state index is 0.0321. The van der Waals surface area contributed by atoms with Gasteiger partial charge in [-0.05, 0) is 74.3 Å². The maximum Gasteiger partial charge on any atom is 0.322 e. The molecular weight excluding hydrogens is 466 g/mol. The lowest BCUT2D eigenvalue weighted by molar-refractivity contribution is 0.102. The minimum atomic E-state index is -3.61. The van der Waals surface area contributed by atoms with Gasteiger partial charge in [-0.1, -0.05) is 31.1 Å². The van der Waals surface area contributed by atoms with E-state index in [-0.39, 0.29) is 16.5 Å². The summed E-state index contributed by atoms with van der Waals surface area (Å²) in [6.07, 6.45) is 1.02. The van der Waals surface area contributed by atoms with E-state index in [4.69, 9.17) is 4.42 Å². The van der Waals surface area contributed by atoms with Gasteiger partial charge in [0.15, 0.2) is 0 Å². The molecule has 1 saturated heterocycles. The predicted molar refractivity (Wildman–Crippen MR) is 133 cm³/mol. The number of nitrogens with zero attached hydrogens (tertiary/aromatic N) is 4. The number of aromatic nitrogens is 2. The number of carbonyl (C=O) groups excluding carboxylic acids is 1. The van der Waals surface area contributed by atoms with Crippen molar-refractivity contribution in [2.45, 2.75) is 31.7 Å². The van der Waals surface area contributed by atoms with E-state index in [0.717, 1.165) is 24.1 Å². The van der Waals surface area contributed by atoms with Crippen LogP contribution in [-0.2, 0) is 16.6 Å². The number of piperidine rings is 1. The number of benzene rings is 2. The number of nitrogens with one attached hydrogen (secondary N) is 1. The molecule has 9 nitrogen and oxygen atoms in total. The molecule has 1 aromatic heterocycles. The normalized spacial score (nSPS) is 19.1. The van der Waals surface area contributed by atoms with Gasteiger partial charge in [0.05, 0.1) is 4.90 Å². The van der Waals surface area contributed by atoms with E-state index in [1.165, 1.54) is 28.6 Å². The van der Waals surface area contributed by atoms with Crippen LogP contribution < -0.4 is 5.32 Å². The van der Waals surface area contributed by atoms with Gasteiger partial charge in [-0.25, -0.2) is 8.42 Å². The Morgan fingerprint density at radius 3 is 2.26 bits per heavy atom. The molecule has 1 fully saturated rings. The maximum atomic E-state index is 13.1. The number of amides is 1. The molecule has 4 rings (SSSR count). The van der Waals surface area contributed by atoms with Gasteiger partial charge in [0, 0.05) is 30.8 Å². The van der Waals surface area contributed by atoms with Gasteiger partial charge in [0.1, 0.15) is 0 Å². The average Bonchev–Trinajstić information content (AvgIpc) is 3.27. The molecule has 10 heteroatoms. The van der Waals surface area contributed by atoms with Crippen LogP contribution in [0.25, 0.3) is 11.5 Å². The van der Waals surface area contributed by atoms with Crippen LogP contribution in [0.15, 0.2) is 57.8 Å². The fourth-order valence-corrected chi connectivity index (χ4v) is 6.09. The molecule has 1 aliphatic rings. The largest absolute Gasteiger partial charge is 0.403 e. The lowest BCUT2D eigenvalue weighted by Gasteiger charge is -2.34. The molecular formula is C25H31N5O4S. The van der Waals surface area contributed by atoms with E-state index in [1.807, 2.05) is 38.4 Å². The van der Waals surface area contributed by atoms with E-state index >= 15 is 0 Å². The van der Waals surface area contributed by atoms with Crippen molar-refractivity contribution in [1.29, 1.82) is 0 Å². The van der Waals surface area contributed by atoms with Crippen LogP contribution in [0, 0.1) is 11.8 Å². The molecule has 0 radical (unpaired) electrons. The van der Waals surface area contributed by atoms with Crippen LogP contribution in [0.4, 0.5) is 6.01 Å². The van der Waals surface area contributed by atoms with Crippen LogP contribution in [0.5, 0.6) is 0 Å². The van der Waals surface area contributed by atoms with Gasteiger partial charge in [0.25, 0.3) is 5.91 Å². The van der Waals surface area contributed by atoms with Crippen LogP contribution in [0.2, 0.25) is 0 Å². The van der Waals surface area contributed by atoms with Crippen molar-refractivity contribution in [2.75, 3.05) is 32.5 Å². The highest BCUT2D eigenvalue weighted by molar-refractivity contribution is 7.89. The molecule has 35 heavy (non-hydrogen) atoms. The third kappa shape index (κ3) is 5.95. The second-order valence-corrected chi connectivity index (χ2v) is 11.5. The summed E-state index contributed by atoms with van der Waals surface area (Å²) in [5.41, 5.74) is 2.19. The first kappa shape index (κ1) is 25.0. The first-order chi connectivity index (χ1) is 16.6. The summed E-state index contributed by atoms with van der Waals surface area (Å²) >= 11 is 0. The van der Waals surface area contributed by atoms with E-state index < -0.39 is 15.9 Å². The van der Waals surface area contributed by atoms with Crippen LogP contribution in [0.3, 0.4) is 0 Å². The van der Waals surface area contributed by atoms with E-state index in [1.54, 1.807) is 0 Å². The molecule has 3 aromatic rings. The van der Waals surface area contributed by atoms with Gasteiger partial charge < -0.3 is 9.32 Å². The number of carbonyl (C=O) groups is 1. The summed E-state index contributed by atoms with van der Waals surface area (Å²) in [5, 5.41) is 10.5. The van der Waals surface area contributed by atoms with Crippen molar-refractivity contribution in [1.82, 2.24) is 19.4 Å². The summed E-state index contributed by atoms with van der Waals surface area (Å²) in [6.45, 7) is 5.96. The van der Waals surface area contributed by atoms with Crippen molar-refractivity contribution >= 4 is 21.9 Å². The van der Waals surface area contributed by atoms with Crippen molar-refractivity contribution in [3.63, 3.8) is 0 Å². The monoisotopic (exact) mass is 497 g/mol. The second-order valence-electron chi connectivity index (χ2n) is 9.59. The summed E-state index contributed by atoms with van der Waals surface area (Å²) in [4.78, 5) is 14.9. The lowest BCUT2D eigenvalue weighted by Crippen LogP contribution is -2.42. The van der Waals surface area contributed by atoms with Crippen molar-refractivity contribution in [3.8, 4) is 11.5 Å². The van der Waals surface area contributed by atoms with Gasteiger partial charge in [0.2, 0.25) is 15.9 Å². The highest BCUT2D eigenvalue weighted by Gasteiger charge is 2.31. The highest BCUT2D eigenvalue weighted by atomic mass is 32.2. The third-order valence-corrected chi connectivity index (χ3v) is 7.78. The first-order valence-corrected chi connectivity index (χ1v) is 13.0. The molecule has 2 heterocycles. The smallest absolute Gasteiger partial charge is 0.322 e. The zero-order valence-electron chi connectivity index (χ0n) is 20.4. The molecule has 186 valence electrons. The Morgan fingerprint density at radius 1 is 1.03 bits per heavy atom.